The number of amides is 4. The first-order valence-corrected chi connectivity index (χ1v) is 15.9. The van der Waals surface area contributed by atoms with Gasteiger partial charge in [0.15, 0.2) is 0 Å². The quantitative estimate of drug-likeness (QED) is 0.311. The molecule has 1 aliphatic rings. The number of rotatable bonds is 7. The lowest BCUT2D eigenvalue weighted by atomic mass is 10.0. The van der Waals surface area contributed by atoms with Gasteiger partial charge in [-0.2, -0.15) is 0 Å². The van der Waals surface area contributed by atoms with Gasteiger partial charge in [0, 0.05) is 62.0 Å². The number of nitrogens with zero attached hydrogens (tertiary/aromatic N) is 3. The van der Waals surface area contributed by atoms with Crippen LogP contribution in [-0.2, 0) is 4.74 Å². The fourth-order valence-electron chi connectivity index (χ4n) is 5.27. The molecule has 2 aromatic carbocycles. The van der Waals surface area contributed by atoms with Gasteiger partial charge in [-0.05, 0) is 87.7 Å². The third-order valence-corrected chi connectivity index (χ3v) is 8.15. The van der Waals surface area contributed by atoms with Crippen molar-refractivity contribution in [3.05, 3.63) is 83.9 Å². The van der Waals surface area contributed by atoms with E-state index in [1.807, 2.05) is 13.8 Å². The number of carbonyl (C=O) groups is 3. The maximum Gasteiger partial charge on any atom is 0.321 e. The fourth-order valence-corrected chi connectivity index (χ4v) is 5.27. The summed E-state index contributed by atoms with van der Waals surface area (Å²) in [6.07, 6.45) is 4.71. The predicted octanol–water partition coefficient (Wildman–Crippen LogP) is 5.43. The average molecular weight is 650 g/mol. The minimum absolute atomic E-state index is 0.207. The normalized spacial score (nSPS) is 19.8. The van der Waals surface area contributed by atoms with Gasteiger partial charge in [0.05, 0.1) is 30.4 Å². The van der Waals surface area contributed by atoms with Crippen molar-refractivity contribution in [1.82, 2.24) is 14.8 Å². The number of aromatic nitrogens is 1. The van der Waals surface area contributed by atoms with Crippen molar-refractivity contribution in [2.24, 2.45) is 5.92 Å². The van der Waals surface area contributed by atoms with Gasteiger partial charge in [0.1, 0.15) is 11.6 Å². The standard InChI is InChI=1S/C35H44FN5O6/c1-23-20-41(24(2)22-42)34(44)30-19-29(38-33(43)26-14-16-37-17-15-26)12-13-31(30)47-25(3)7-5-6-18-46-32(23)21-40(4)35(45)39-28-10-8-27(36)9-11-28/h8-17,19,23-25,32,42H,5-7,18,20-22H2,1-4H3,(H,38,43)(H,39,45)/t23-,24+,25+,32+/m1/s1. The molecule has 1 aliphatic heterocycles. The van der Waals surface area contributed by atoms with Crippen LogP contribution < -0.4 is 15.4 Å². The van der Waals surface area contributed by atoms with Crippen molar-refractivity contribution in [3.63, 3.8) is 0 Å². The van der Waals surface area contributed by atoms with E-state index in [-0.39, 0.29) is 55.1 Å². The lowest BCUT2D eigenvalue weighted by molar-refractivity contribution is -0.0115. The van der Waals surface area contributed by atoms with Crippen LogP contribution in [-0.4, -0.2) is 89.3 Å². The number of fused-ring (bicyclic) bond motifs is 1. The number of halogens is 1. The second-order valence-corrected chi connectivity index (χ2v) is 12.0. The van der Waals surface area contributed by atoms with Crippen molar-refractivity contribution >= 4 is 29.2 Å². The lowest BCUT2D eigenvalue weighted by Crippen LogP contribution is -2.48. The Labute approximate surface area is 275 Å². The summed E-state index contributed by atoms with van der Waals surface area (Å²) in [5.41, 5.74) is 1.55. The molecule has 4 atom stereocenters. The highest BCUT2D eigenvalue weighted by Gasteiger charge is 2.31. The Morgan fingerprint density at radius 1 is 1.06 bits per heavy atom. The summed E-state index contributed by atoms with van der Waals surface area (Å²) >= 11 is 0. The van der Waals surface area contributed by atoms with E-state index in [4.69, 9.17) is 9.47 Å². The number of ether oxygens (including phenoxy) is 2. The molecule has 0 unspecified atom stereocenters. The Bertz CT molecular complexity index is 1490. The summed E-state index contributed by atoms with van der Waals surface area (Å²) in [7, 11) is 1.65. The molecule has 0 radical (unpaired) electrons. The monoisotopic (exact) mass is 649 g/mol. The molecule has 0 bridgehead atoms. The second-order valence-electron chi connectivity index (χ2n) is 12.0. The molecule has 11 nitrogen and oxygen atoms in total. The van der Waals surface area contributed by atoms with E-state index in [0.29, 0.717) is 35.7 Å². The SMILES string of the molecule is C[C@@H]1CN([C@@H](C)CO)C(=O)c2cc(NC(=O)c3ccncc3)ccc2O[C@@H](C)CCCCO[C@H]1CN(C)C(=O)Nc1ccc(F)cc1. The van der Waals surface area contributed by atoms with Gasteiger partial charge in [-0.25, -0.2) is 9.18 Å². The van der Waals surface area contributed by atoms with Crippen molar-refractivity contribution in [1.29, 1.82) is 0 Å². The molecule has 0 saturated heterocycles. The van der Waals surface area contributed by atoms with E-state index < -0.39 is 18.0 Å². The molecule has 2 heterocycles. The summed E-state index contributed by atoms with van der Waals surface area (Å²) in [4.78, 5) is 47.2. The number of pyridine rings is 1. The molecule has 252 valence electrons. The molecule has 1 aromatic heterocycles. The molecule has 0 spiro atoms. The molecule has 0 aliphatic carbocycles. The fraction of sp³-hybridized carbons (Fsp3) is 0.429. The molecule has 12 heteroatoms. The van der Waals surface area contributed by atoms with Gasteiger partial charge in [-0.3, -0.25) is 14.6 Å². The largest absolute Gasteiger partial charge is 0.490 e. The topological polar surface area (TPSA) is 133 Å². The highest BCUT2D eigenvalue weighted by molar-refractivity contribution is 6.05. The summed E-state index contributed by atoms with van der Waals surface area (Å²) in [5.74, 6) is -0.997. The molecule has 0 saturated carbocycles. The number of urea groups is 1. The average Bonchev–Trinajstić information content (AvgIpc) is 3.07. The molecule has 0 fully saturated rings. The molecule has 4 rings (SSSR count). The Kier molecular flexibility index (Phi) is 12.7. The van der Waals surface area contributed by atoms with E-state index in [1.54, 1.807) is 49.2 Å². The van der Waals surface area contributed by atoms with Crippen molar-refractivity contribution in [2.75, 3.05) is 44.0 Å². The third kappa shape index (κ3) is 9.97. The molecule has 4 amide bonds. The number of anilines is 2. The first-order chi connectivity index (χ1) is 22.5. The minimum Gasteiger partial charge on any atom is -0.490 e. The highest BCUT2D eigenvalue weighted by atomic mass is 19.1. The van der Waals surface area contributed by atoms with Crippen molar-refractivity contribution in [3.8, 4) is 5.75 Å². The van der Waals surface area contributed by atoms with Gasteiger partial charge in [-0.15, -0.1) is 0 Å². The van der Waals surface area contributed by atoms with Gasteiger partial charge in [0.25, 0.3) is 11.8 Å². The molecule has 3 N–H and O–H groups in total. The zero-order chi connectivity index (χ0) is 33.9. The van der Waals surface area contributed by atoms with Gasteiger partial charge < -0.3 is 35.0 Å². The predicted molar refractivity (Wildman–Crippen MR) is 177 cm³/mol. The van der Waals surface area contributed by atoms with Crippen LogP contribution in [0.15, 0.2) is 67.0 Å². The van der Waals surface area contributed by atoms with Gasteiger partial charge >= 0.3 is 6.03 Å². The van der Waals surface area contributed by atoms with Crippen LogP contribution in [0, 0.1) is 11.7 Å². The number of aliphatic hydroxyl groups excluding tert-OH is 1. The summed E-state index contributed by atoms with van der Waals surface area (Å²) in [6, 6.07) is 12.7. The van der Waals surface area contributed by atoms with Crippen molar-refractivity contribution in [2.45, 2.75) is 58.3 Å². The Hall–Kier alpha value is -4.55. The first-order valence-electron chi connectivity index (χ1n) is 15.9. The molecular weight excluding hydrogens is 605 g/mol. The van der Waals surface area contributed by atoms with Crippen LogP contribution in [0.5, 0.6) is 5.75 Å². The molecule has 3 aromatic rings. The number of nitrogens with one attached hydrogen (secondary N) is 2. The van der Waals surface area contributed by atoms with Crippen LogP contribution in [0.4, 0.5) is 20.6 Å². The Balaban J connectivity index is 1.59. The van der Waals surface area contributed by atoms with Crippen molar-refractivity contribution < 1.29 is 33.4 Å². The maximum absolute atomic E-state index is 14.3. The zero-order valence-electron chi connectivity index (χ0n) is 27.3. The molecular formula is C35H44FN5O6. The number of likely N-dealkylation sites (N-methyl/N-ethyl adjacent to an activating group) is 1. The van der Waals surface area contributed by atoms with Crippen LogP contribution in [0.1, 0.15) is 60.7 Å². The Morgan fingerprint density at radius 3 is 2.47 bits per heavy atom. The minimum atomic E-state index is -0.557. The third-order valence-electron chi connectivity index (χ3n) is 8.15. The first kappa shape index (κ1) is 35.3. The molecule has 47 heavy (non-hydrogen) atoms. The highest BCUT2D eigenvalue weighted by Crippen LogP contribution is 2.29. The van der Waals surface area contributed by atoms with E-state index in [2.05, 4.69) is 15.6 Å². The van der Waals surface area contributed by atoms with Crippen LogP contribution in [0.2, 0.25) is 0 Å². The zero-order valence-corrected chi connectivity index (χ0v) is 27.3. The van der Waals surface area contributed by atoms with Gasteiger partial charge in [0.2, 0.25) is 0 Å². The lowest BCUT2D eigenvalue weighted by Gasteiger charge is -2.35. The number of hydrogen-bond donors (Lipinski definition) is 3. The number of aliphatic hydroxyl groups is 1. The summed E-state index contributed by atoms with van der Waals surface area (Å²) in [5, 5.41) is 15.8. The van der Waals surface area contributed by atoms with Crippen LogP contribution >= 0.6 is 0 Å². The number of hydrogen-bond acceptors (Lipinski definition) is 7. The second kappa shape index (κ2) is 16.8. The van der Waals surface area contributed by atoms with E-state index in [1.165, 1.54) is 41.6 Å². The number of benzene rings is 2. The van der Waals surface area contributed by atoms with Gasteiger partial charge in [-0.1, -0.05) is 6.92 Å². The maximum atomic E-state index is 14.3. The van der Waals surface area contributed by atoms with Crippen LogP contribution in [0.25, 0.3) is 0 Å². The van der Waals surface area contributed by atoms with Crippen LogP contribution in [0.3, 0.4) is 0 Å². The summed E-state index contributed by atoms with van der Waals surface area (Å²) < 4.78 is 25.9. The van der Waals surface area contributed by atoms with E-state index >= 15 is 0 Å². The Morgan fingerprint density at radius 2 is 1.77 bits per heavy atom. The smallest absolute Gasteiger partial charge is 0.321 e. The number of carbonyl (C=O) groups excluding carboxylic acids is 3. The summed E-state index contributed by atoms with van der Waals surface area (Å²) in [6.45, 7) is 6.24. The van der Waals surface area contributed by atoms with E-state index in [0.717, 1.165) is 12.8 Å². The van der Waals surface area contributed by atoms with E-state index in [9.17, 15) is 23.9 Å².